The Hall–Kier alpha value is -3.58. The van der Waals surface area contributed by atoms with Gasteiger partial charge < -0.3 is 35.0 Å². The standard InChI is InChI=1S/C25H32N2O3.C6H8O7/c1-18-5-3-11-26-24(18)25(28)10-9-20-15-27(16-23(20)25)14-19-6-2-7-21(13-19)30-17-22-8-4-12-29-22;7-3(8)1-6(13,5(11)12)2-4(9)10/h2-3,5-7,11,13,20,22-23,28H,4,8-10,12,14-17H2,1H3;13H,1-2H2,(H,7,8)(H,9,10)(H,11,12)/t20-,22?,23+,25-;/m1./s1. The van der Waals surface area contributed by atoms with Crippen LogP contribution < -0.4 is 4.74 Å². The van der Waals surface area contributed by atoms with Gasteiger partial charge in [0.15, 0.2) is 5.60 Å². The van der Waals surface area contributed by atoms with E-state index in [1.807, 2.05) is 18.3 Å². The average molecular weight is 601 g/mol. The zero-order chi connectivity index (χ0) is 31.2. The number of carboxylic acids is 3. The third kappa shape index (κ3) is 8.08. The van der Waals surface area contributed by atoms with Gasteiger partial charge in [0.2, 0.25) is 0 Å². The van der Waals surface area contributed by atoms with Gasteiger partial charge in [0.25, 0.3) is 0 Å². The van der Waals surface area contributed by atoms with Crippen LogP contribution >= 0.6 is 0 Å². The fourth-order valence-electron chi connectivity index (χ4n) is 6.42. The molecule has 0 bridgehead atoms. The summed E-state index contributed by atoms with van der Waals surface area (Å²) in [7, 11) is 0. The lowest BCUT2D eigenvalue weighted by molar-refractivity contribution is -0.170. The molecule has 2 aliphatic heterocycles. The van der Waals surface area contributed by atoms with E-state index < -0.39 is 42.0 Å². The summed E-state index contributed by atoms with van der Waals surface area (Å²) in [6, 6.07) is 12.4. The molecule has 0 spiro atoms. The lowest BCUT2D eigenvalue weighted by atomic mass is 9.83. The Labute approximate surface area is 249 Å². The molecule has 43 heavy (non-hydrogen) atoms. The summed E-state index contributed by atoms with van der Waals surface area (Å²) in [6.45, 7) is 6.39. The van der Waals surface area contributed by atoms with E-state index in [1.165, 1.54) is 5.56 Å². The summed E-state index contributed by atoms with van der Waals surface area (Å²) in [5.41, 5.74) is -0.300. The van der Waals surface area contributed by atoms with Gasteiger partial charge in [-0.1, -0.05) is 18.2 Å². The van der Waals surface area contributed by atoms with Crippen LogP contribution in [0.4, 0.5) is 0 Å². The SMILES string of the molecule is Cc1cccnc1[C@@]1(O)CC[C@@H]2CN(Cc3cccc(OCC4CCCO4)c3)C[C@@H]21.O=C(O)CC(O)(CC(=O)O)C(=O)O. The number of pyridine rings is 1. The third-order valence-electron chi connectivity index (χ3n) is 8.50. The first-order valence-corrected chi connectivity index (χ1v) is 14.5. The maximum absolute atomic E-state index is 11.6. The zero-order valence-corrected chi connectivity index (χ0v) is 24.2. The van der Waals surface area contributed by atoms with Crippen molar-refractivity contribution in [3.05, 3.63) is 59.4 Å². The van der Waals surface area contributed by atoms with E-state index >= 15 is 0 Å². The van der Waals surface area contributed by atoms with Crippen molar-refractivity contribution in [2.45, 2.75) is 69.3 Å². The average Bonchev–Trinajstić information content (AvgIpc) is 3.67. The Bertz CT molecular complexity index is 1280. The summed E-state index contributed by atoms with van der Waals surface area (Å²) >= 11 is 0. The van der Waals surface area contributed by atoms with E-state index in [1.54, 1.807) is 0 Å². The smallest absolute Gasteiger partial charge is 0.336 e. The summed E-state index contributed by atoms with van der Waals surface area (Å²) in [6.07, 6.45) is 3.87. The maximum Gasteiger partial charge on any atom is 0.336 e. The van der Waals surface area contributed by atoms with Gasteiger partial charge in [0.1, 0.15) is 18.0 Å². The number of aliphatic hydroxyl groups is 2. The monoisotopic (exact) mass is 600 g/mol. The molecule has 12 heteroatoms. The van der Waals surface area contributed by atoms with Crippen LogP contribution in [0.15, 0.2) is 42.6 Å². The topological polar surface area (TPSA) is 187 Å². The highest BCUT2D eigenvalue weighted by molar-refractivity contribution is 5.88. The highest BCUT2D eigenvalue weighted by atomic mass is 16.5. The van der Waals surface area contributed by atoms with Crippen LogP contribution in [0.2, 0.25) is 0 Å². The summed E-state index contributed by atoms with van der Waals surface area (Å²) in [5.74, 6) is -3.31. The molecule has 1 aromatic carbocycles. The predicted molar refractivity (Wildman–Crippen MR) is 152 cm³/mol. The van der Waals surface area contributed by atoms with Crippen molar-refractivity contribution in [3.63, 3.8) is 0 Å². The van der Waals surface area contributed by atoms with Crippen molar-refractivity contribution in [3.8, 4) is 5.75 Å². The Balaban J connectivity index is 0.000000277. The number of nitrogens with zero attached hydrogens (tertiary/aromatic N) is 2. The molecule has 1 saturated carbocycles. The largest absolute Gasteiger partial charge is 0.491 e. The highest BCUT2D eigenvalue weighted by Gasteiger charge is 2.53. The van der Waals surface area contributed by atoms with E-state index in [-0.39, 0.29) is 12.0 Å². The molecule has 2 saturated heterocycles. The fourth-order valence-corrected chi connectivity index (χ4v) is 6.42. The molecule has 1 unspecified atom stereocenters. The fraction of sp³-hybridized carbons (Fsp3) is 0.548. The Morgan fingerprint density at radius 1 is 1.09 bits per heavy atom. The van der Waals surface area contributed by atoms with E-state index in [0.29, 0.717) is 12.5 Å². The van der Waals surface area contributed by atoms with E-state index in [4.69, 9.17) is 29.9 Å². The third-order valence-corrected chi connectivity index (χ3v) is 8.50. The second-order valence-electron chi connectivity index (χ2n) is 11.8. The highest BCUT2D eigenvalue weighted by Crippen LogP contribution is 2.50. The predicted octanol–water partition coefficient (Wildman–Crippen LogP) is 2.43. The molecule has 5 rings (SSSR count). The Morgan fingerprint density at radius 2 is 1.84 bits per heavy atom. The molecule has 5 N–H and O–H groups in total. The van der Waals surface area contributed by atoms with Gasteiger partial charge in [-0.3, -0.25) is 19.5 Å². The molecule has 1 aromatic heterocycles. The van der Waals surface area contributed by atoms with Gasteiger partial charge in [-0.2, -0.15) is 0 Å². The number of carbonyl (C=O) groups is 3. The molecule has 1 aliphatic carbocycles. The molecule has 12 nitrogen and oxygen atoms in total. The molecule has 234 valence electrons. The number of hydrogen-bond acceptors (Lipinski definition) is 9. The summed E-state index contributed by atoms with van der Waals surface area (Å²) < 4.78 is 11.6. The van der Waals surface area contributed by atoms with Crippen LogP contribution in [0.3, 0.4) is 0 Å². The van der Waals surface area contributed by atoms with Gasteiger partial charge in [0, 0.05) is 38.4 Å². The minimum Gasteiger partial charge on any atom is -0.491 e. The first-order valence-electron chi connectivity index (χ1n) is 14.5. The number of fused-ring (bicyclic) bond motifs is 1. The van der Waals surface area contributed by atoms with E-state index in [2.05, 4.69) is 41.1 Å². The number of rotatable bonds is 11. The summed E-state index contributed by atoms with van der Waals surface area (Å²) in [5, 5.41) is 45.4. The Morgan fingerprint density at radius 3 is 2.47 bits per heavy atom. The normalized spacial score (nSPS) is 25.0. The van der Waals surface area contributed by atoms with Crippen LogP contribution in [0.5, 0.6) is 5.75 Å². The lowest BCUT2D eigenvalue weighted by Gasteiger charge is -2.31. The van der Waals surface area contributed by atoms with Crippen LogP contribution in [0.1, 0.15) is 55.3 Å². The summed E-state index contributed by atoms with van der Waals surface area (Å²) in [4.78, 5) is 37.5. The Kier molecular flexibility index (Phi) is 10.4. The number of carboxylic acid groups (broad SMARTS) is 3. The van der Waals surface area contributed by atoms with Crippen LogP contribution in [0, 0.1) is 18.8 Å². The van der Waals surface area contributed by atoms with Gasteiger partial charge >= 0.3 is 17.9 Å². The van der Waals surface area contributed by atoms with Crippen molar-refractivity contribution < 1.29 is 49.4 Å². The number of aryl methyl sites for hydroxylation is 1. The molecule has 0 radical (unpaired) electrons. The molecular weight excluding hydrogens is 560 g/mol. The number of aromatic nitrogens is 1. The van der Waals surface area contributed by atoms with E-state index in [0.717, 1.165) is 68.9 Å². The molecule has 2 aromatic rings. The van der Waals surface area contributed by atoms with E-state index in [9.17, 15) is 19.5 Å². The first kappa shape index (κ1) is 32.3. The number of ether oxygens (including phenoxy) is 2. The maximum atomic E-state index is 11.6. The molecule has 3 aliphatic rings. The molecule has 3 heterocycles. The van der Waals surface area contributed by atoms with Crippen molar-refractivity contribution >= 4 is 17.9 Å². The van der Waals surface area contributed by atoms with Crippen molar-refractivity contribution in [1.82, 2.24) is 9.88 Å². The van der Waals surface area contributed by atoms with Gasteiger partial charge in [-0.05, 0) is 67.9 Å². The number of likely N-dealkylation sites (tertiary alicyclic amines) is 1. The molecule has 0 amide bonds. The first-order chi connectivity index (χ1) is 20.4. The molecular formula is C31H40N2O10. The number of hydrogen-bond donors (Lipinski definition) is 5. The second kappa shape index (κ2) is 13.8. The quantitative estimate of drug-likeness (QED) is 0.254. The lowest BCUT2D eigenvalue weighted by Crippen LogP contribution is -2.42. The van der Waals surface area contributed by atoms with Crippen LogP contribution in [-0.4, -0.2) is 91.3 Å². The van der Waals surface area contributed by atoms with Gasteiger partial charge in [-0.15, -0.1) is 0 Å². The van der Waals surface area contributed by atoms with Crippen LogP contribution in [0.25, 0.3) is 0 Å². The van der Waals surface area contributed by atoms with Crippen molar-refractivity contribution in [1.29, 1.82) is 0 Å². The van der Waals surface area contributed by atoms with Crippen molar-refractivity contribution in [2.24, 2.45) is 11.8 Å². The second-order valence-corrected chi connectivity index (χ2v) is 11.8. The zero-order valence-electron chi connectivity index (χ0n) is 24.2. The minimum absolute atomic E-state index is 0.236. The minimum atomic E-state index is -2.74. The molecule has 4 atom stereocenters. The molecule has 3 fully saturated rings. The van der Waals surface area contributed by atoms with Crippen molar-refractivity contribution in [2.75, 3.05) is 26.3 Å². The number of benzene rings is 1. The van der Waals surface area contributed by atoms with Gasteiger partial charge in [0.05, 0.1) is 24.6 Å². The van der Waals surface area contributed by atoms with Gasteiger partial charge in [-0.25, -0.2) is 4.79 Å². The number of aliphatic carboxylic acids is 3. The van der Waals surface area contributed by atoms with Crippen LogP contribution in [-0.2, 0) is 31.3 Å².